The first-order valence-electron chi connectivity index (χ1n) is 16.7. The first-order chi connectivity index (χ1) is 23.9. The summed E-state index contributed by atoms with van der Waals surface area (Å²) in [7, 11) is 2.08. The third-order valence-corrected chi connectivity index (χ3v) is 10.3. The lowest BCUT2D eigenvalue weighted by Crippen LogP contribution is -2.48. The number of fused-ring (bicyclic) bond motifs is 4. The van der Waals surface area contributed by atoms with Crippen LogP contribution in [0.3, 0.4) is 0 Å². The molecule has 2 aliphatic heterocycles. The number of nitriles is 1. The van der Waals surface area contributed by atoms with Gasteiger partial charge in [-0.05, 0) is 90.4 Å². The maximum atomic E-state index is 14.8. The van der Waals surface area contributed by atoms with Crippen LogP contribution in [0.5, 0.6) is 5.88 Å². The monoisotopic (exact) mass is 718 g/mol. The third-order valence-electron chi connectivity index (χ3n) is 9.62. The molecule has 0 aliphatic carbocycles. The number of ether oxygens (including phenoxy) is 2. The summed E-state index contributed by atoms with van der Waals surface area (Å²) >= 11 is 14.3. The van der Waals surface area contributed by atoms with Gasteiger partial charge in [0.2, 0.25) is 5.88 Å². The number of likely N-dealkylation sites (N-methyl/N-ethyl adjacent to an activating group) is 1. The van der Waals surface area contributed by atoms with Crippen LogP contribution in [-0.2, 0) is 4.74 Å². The number of aromatic nitrogens is 5. The quantitative estimate of drug-likeness (QED) is 0.172. The predicted molar refractivity (Wildman–Crippen MR) is 190 cm³/mol. The van der Waals surface area contributed by atoms with Crippen molar-refractivity contribution in [2.75, 3.05) is 26.7 Å². The highest BCUT2D eigenvalue weighted by molar-refractivity contribution is 6.44. The zero-order valence-corrected chi connectivity index (χ0v) is 29.8. The van der Waals surface area contributed by atoms with Crippen molar-refractivity contribution < 1.29 is 18.7 Å². The normalized spacial score (nSPS) is 20.1. The topological polar surface area (TPSA) is 122 Å². The van der Waals surface area contributed by atoms with Gasteiger partial charge in [0.1, 0.15) is 23.5 Å². The summed E-state index contributed by atoms with van der Waals surface area (Å²) in [5, 5.41) is 20.4. The van der Waals surface area contributed by atoms with Crippen molar-refractivity contribution in [2.45, 2.75) is 76.6 Å². The maximum absolute atomic E-state index is 14.8. The summed E-state index contributed by atoms with van der Waals surface area (Å²) in [6.07, 6.45) is 4.36. The lowest BCUT2D eigenvalue weighted by molar-refractivity contribution is 0.00557. The molecule has 5 aromatic rings. The average molecular weight is 720 g/mol. The Labute approximate surface area is 298 Å². The molecule has 0 unspecified atom stereocenters. The molecule has 3 atom stereocenters. The molecule has 1 amide bonds. The number of carbonyl (C=O) groups is 1. The fraction of sp³-hybridized carbons (Fsp3) is 0.444. The molecular weight excluding hydrogens is 682 g/mol. The number of benzene rings is 2. The molecule has 2 aliphatic rings. The van der Waals surface area contributed by atoms with Crippen LogP contribution in [0.4, 0.5) is 9.18 Å². The third kappa shape index (κ3) is 6.27. The highest BCUT2D eigenvalue weighted by atomic mass is 35.5. The minimum absolute atomic E-state index is 0.134. The van der Waals surface area contributed by atoms with Crippen LogP contribution in [-0.4, -0.2) is 85.3 Å². The van der Waals surface area contributed by atoms with Gasteiger partial charge in [0.25, 0.3) is 0 Å². The molecule has 50 heavy (non-hydrogen) atoms. The minimum atomic E-state index is -0.670. The average Bonchev–Trinajstić information content (AvgIpc) is 3.71. The van der Waals surface area contributed by atoms with Crippen LogP contribution in [0.1, 0.15) is 58.9 Å². The van der Waals surface area contributed by atoms with Crippen LogP contribution in [0.15, 0.2) is 36.5 Å². The summed E-state index contributed by atoms with van der Waals surface area (Å²) in [6.45, 7) is 7.21. The van der Waals surface area contributed by atoms with Crippen molar-refractivity contribution in [2.24, 2.45) is 0 Å². The van der Waals surface area contributed by atoms with E-state index in [4.69, 9.17) is 37.7 Å². The Morgan fingerprint density at radius 1 is 1.10 bits per heavy atom. The molecule has 2 saturated heterocycles. The Bertz CT molecular complexity index is 2160. The molecule has 260 valence electrons. The number of carbonyl (C=O) groups excluding carboxylic acids is 1. The van der Waals surface area contributed by atoms with Crippen molar-refractivity contribution in [3.8, 4) is 23.1 Å². The van der Waals surface area contributed by atoms with Crippen LogP contribution in [0.2, 0.25) is 10.0 Å². The summed E-state index contributed by atoms with van der Waals surface area (Å²) in [6, 6.07) is 9.95. The Balaban J connectivity index is 1.37. The van der Waals surface area contributed by atoms with Gasteiger partial charge in [0.05, 0.1) is 45.7 Å². The van der Waals surface area contributed by atoms with Crippen molar-refractivity contribution in [1.82, 2.24) is 34.8 Å². The fourth-order valence-electron chi connectivity index (χ4n) is 7.16. The molecular formula is C36H37Cl2FN8O3. The van der Waals surface area contributed by atoms with E-state index < -0.39 is 23.6 Å². The van der Waals surface area contributed by atoms with Crippen LogP contribution in [0, 0.1) is 17.1 Å². The van der Waals surface area contributed by atoms with E-state index in [1.54, 1.807) is 35.4 Å². The van der Waals surface area contributed by atoms with E-state index >= 15 is 0 Å². The first-order valence-corrected chi connectivity index (χ1v) is 17.5. The van der Waals surface area contributed by atoms with Gasteiger partial charge in [-0.3, -0.25) is 4.98 Å². The Kier molecular flexibility index (Phi) is 9.18. The highest BCUT2D eigenvalue weighted by Crippen LogP contribution is 2.45. The van der Waals surface area contributed by atoms with Gasteiger partial charge in [-0.1, -0.05) is 28.4 Å². The zero-order chi connectivity index (χ0) is 35.3. The smallest absolute Gasteiger partial charge is 0.410 e. The van der Waals surface area contributed by atoms with Crippen LogP contribution < -0.4 is 4.74 Å². The fourth-order valence-corrected chi connectivity index (χ4v) is 7.86. The molecule has 14 heteroatoms. The molecule has 3 aromatic heterocycles. The number of rotatable bonds is 6. The first kappa shape index (κ1) is 34.2. The van der Waals surface area contributed by atoms with Crippen molar-refractivity contribution in [3.05, 3.63) is 52.4 Å². The summed E-state index contributed by atoms with van der Waals surface area (Å²) in [5.74, 6) is -0.115. The Hall–Kier alpha value is -4.31. The lowest BCUT2D eigenvalue weighted by Gasteiger charge is -2.39. The van der Waals surface area contributed by atoms with E-state index in [9.17, 15) is 14.4 Å². The van der Waals surface area contributed by atoms with E-state index in [-0.39, 0.29) is 29.4 Å². The van der Waals surface area contributed by atoms with E-state index in [0.717, 1.165) is 19.4 Å². The molecule has 0 spiro atoms. The molecule has 0 bridgehead atoms. The van der Waals surface area contributed by atoms with Gasteiger partial charge in [0.15, 0.2) is 5.52 Å². The largest absolute Gasteiger partial charge is 0.474 e. The SMILES string of the molecule is CN1CCC[C@H]1COc1nc2c(Cl)c(-c3ccc(F)c4cccnc34)c(Cl)cc2c2c1nnn2[C@H]1CCN(C(=O)OC(C)(C)C)[C@H](CC#N)C1. The number of halogens is 3. The number of hydrogen-bond acceptors (Lipinski definition) is 9. The molecule has 5 heterocycles. The molecule has 0 N–H and O–H groups in total. The zero-order valence-electron chi connectivity index (χ0n) is 28.3. The Morgan fingerprint density at radius 3 is 2.66 bits per heavy atom. The number of piperidine rings is 1. The molecule has 11 nitrogen and oxygen atoms in total. The number of pyridine rings is 2. The van der Waals surface area contributed by atoms with Gasteiger partial charge in [0, 0.05) is 40.7 Å². The summed E-state index contributed by atoms with van der Waals surface area (Å²) in [4.78, 5) is 26.4. The number of nitrogens with zero attached hydrogens (tertiary/aromatic N) is 8. The molecule has 2 fully saturated rings. The predicted octanol–water partition coefficient (Wildman–Crippen LogP) is 7.97. The van der Waals surface area contributed by atoms with Gasteiger partial charge in [-0.15, -0.1) is 5.10 Å². The van der Waals surface area contributed by atoms with E-state index in [0.29, 0.717) is 75.0 Å². The van der Waals surface area contributed by atoms with E-state index in [2.05, 4.69) is 33.3 Å². The van der Waals surface area contributed by atoms with E-state index in [1.807, 2.05) is 25.5 Å². The standard InChI is InChI=1S/C36H37Cl2FN8O3/c1-36(2,3)50-35(48)46-16-12-21(17-20(46)11-13-40)47-33-25-18-26(37)28(24-9-10-27(39)23-8-5-14-41-30(23)24)29(38)31(25)42-34(32(33)43-44-47)49-19-22-7-6-15-45(22)4/h5,8-10,14,18,20-22H,6-7,11-12,15-17,19H2,1-4H3/t20-,21+,22+/m1/s1. The van der Waals surface area contributed by atoms with Gasteiger partial charge < -0.3 is 19.3 Å². The molecule has 0 radical (unpaired) electrons. The van der Waals surface area contributed by atoms with Crippen molar-refractivity contribution in [1.29, 1.82) is 5.26 Å². The van der Waals surface area contributed by atoms with Gasteiger partial charge in [-0.25, -0.2) is 18.9 Å². The van der Waals surface area contributed by atoms with Crippen molar-refractivity contribution in [3.63, 3.8) is 0 Å². The molecule has 7 rings (SSSR count). The van der Waals surface area contributed by atoms with Crippen LogP contribution >= 0.6 is 23.2 Å². The van der Waals surface area contributed by atoms with Gasteiger partial charge in [-0.2, -0.15) is 5.26 Å². The van der Waals surface area contributed by atoms with Crippen molar-refractivity contribution >= 4 is 62.1 Å². The van der Waals surface area contributed by atoms with E-state index in [1.165, 1.54) is 6.07 Å². The lowest BCUT2D eigenvalue weighted by atomic mass is 9.95. The number of hydrogen-bond donors (Lipinski definition) is 0. The second-order valence-electron chi connectivity index (χ2n) is 14.0. The highest BCUT2D eigenvalue weighted by Gasteiger charge is 2.37. The minimum Gasteiger partial charge on any atom is -0.474 e. The van der Waals surface area contributed by atoms with Crippen LogP contribution in [0.25, 0.3) is 44.0 Å². The summed E-state index contributed by atoms with van der Waals surface area (Å²) in [5.41, 5.74) is 2.30. The maximum Gasteiger partial charge on any atom is 0.410 e. The molecule has 0 saturated carbocycles. The van der Waals surface area contributed by atoms with Gasteiger partial charge >= 0.3 is 6.09 Å². The number of amides is 1. The second-order valence-corrected chi connectivity index (χ2v) is 14.8. The second kappa shape index (κ2) is 13.4. The summed E-state index contributed by atoms with van der Waals surface area (Å²) < 4.78 is 28.7. The number of likely N-dealkylation sites (tertiary alicyclic amines) is 2. The Morgan fingerprint density at radius 2 is 1.92 bits per heavy atom. The molecule has 2 aromatic carbocycles.